The average Bonchev–Trinajstić information content (AvgIpc) is 3.09. The Morgan fingerprint density at radius 3 is 1.75 bits per heavy atom. The molecule has 0 fully saturated rings. The Morgan fingerprint density at radius 1 is 0.875 bits per heavy atom. The fourth-order valence-corrected chi connectivity index (χ4v) is 2.85. The Kier molecular flexibility index (Phi) is 8.71. The Bertz CT molecular complexity index is 987. The monoisotopic (exact) mass is 434 g/mol. The lowest BCUT2D eigenvalue weighted by molar-refractivity contribution is -0.684. The van der Waals surface area contributed by atoms with Crippen LogP contribution in [-0.4, -0.2) is 60.3 Å². The van der Waals surface area contributed by atoms with Crippen LogP contribution in [0.15, 0.2) is 83.3 Å². The molecule has 0 aliphatic rings. The second kappa shape index (κ2) is 11.5. The highest BCUT2D eigenvalue weighted by molar-refractivity contribution is 5.98. The molecule has 0 aliphatic heterocycles. The van der Waals surface area contributed by atoms with Crippen molar-refractivity contribution in [1.29, 1.82) is 0 Å². The van der Waals surface area contributed by atoms with Gasteiger partial charge in [0.1, 0.15) is 0 Å². The highest BCUT2D eigenvalue weighted by atomic mass is 16.4. The summed E-state index contributed by atoms with van der Waals surface area (Å²) in [5.74, 6) is 1.59. The van der Waals surface area contributed by atoms with Crippen LogP contribution >= 0.6 is 0 Å². The normalized spacial score (nSPS) is 11.4. The zero-order valence-corrected chi connectivity index (χ0v) is 19.4. The second-order valence-electron chi connectivity index (χ2n) is 7.39. The molecular formula is C24H30N6O2. The van der Waals surface area contributed by atoms with E-state index in [1.165, 1.54) is 0 Å². The standard InChI is InChI=1S/C22H27N6.C2H4O2/c1-18-27(23-21(25(2)3)19-12-8-6-9-13-19)16-17-28(18)24-22(26(4)5)20-14-10-7-11-15-20;1-2(3)4/h6-17H,1-5H3;1H3,(H,3,4)/q+1;/p-1. The van der Waals surface area contributed by atoms with Crippen LogP contribution in [0, 0.1) is 6.92 Å². The molecule has 0 spiro atoms. The fourth-order valence-electron chi connectivity index (χ4n) is 2.85. The number of carbonyl (C=O) groups excluding carboxylic acids is 1. The minimum absolute atomic E-state index is 0.881. The number of benzene rings is 2. The summed E-state index contributed by atoms with van der Waals surface area (Å²) >= 11 is 0. The third kappa shape index (κ3) is 6.80. The number of carbonyl (C=O) groups is 1. The first-order valence-corrected chi connectivity index (χ1v) is 10.1. The summed E-state index contributed by atoms with van der Waals surface area (Å²) in [6, 6.07) is 20.3. The van der Waals surface area contributed by atoms with Crippen LogP contribution in [0.4, 0.5) is 0 Å². The highest BCUT2D eigenvalue weighted by Gasteiger charge is 2.17. The van der Waals surface area contributed by atoms with Gasteiger partial charge < -0.3 is 19.7 Å². The highest BCUT2D eigenvalue weighted by Crippen LogP contribution is 2.07. The van der Waals surface area contributed by atoms with Crippen molar-refractivity contribution in [2.75, 3.05) is 28.2 Å². The molecule has 0 unspecified atom stereocenters. The summed E-state index contributed by atoms with van der Waals surface area (Å²) in [6.45, 7) is 2.98. The van der Waals surface area contributed by atoms with Gasteiger partial charge in [0.15, 0.2) is 24.1 Å². The van der Waals surface area contributed by atoms with Crippen LogP contribution in [0.5, 0.6) is 0 Å². The van der Waals surface area contributed by atoms with Gasteiger partial charge in [-0.3, -0.25) is 0 Å². The molecule has 0 saturated heterocycles. The van der Waals surface area contributed by atoms with Gasteiger partial charge in [-0.1, -0.05) is 70.9 Å². The van der Waals surface area contributed by atoms with Crippen molar-refractivity contribution in [2.45, 2.75) is 13.8 Å². The molecule has 0 saturated carbocycles. The number of nitrogens with zero attached hydrogens (tertiary/aromatic N) is 6. The third-order valence-electron chi connectivity index (χ3n) is 4.33. The molecule has 0 radical (unpaired) electrons. The zero-order valence-electron chi connectivity index (χ0n) is 19.4. The van der Waals surface area contributed by atoms with Crippen LogP contribution in [-0.2, 0) is 4.79 Å². The van der Waals surface area contributed by atoms with Crippen molar-refractivity contribution < 1.29 is 14.6 Å². The number of amidine groups is 2. The first kappa shape index (κ1) is 24.3. The van der Waals surface area contributed by atoms with E-state index >= 15 is 0 Å². The lowest BCUT2D eigenvalue weighted by Crippen LogP contribution is -2.36. The topological polar surface area (TPSA) is 80.1 Å². The van der Waals surface area contributed by atoms with Gasteiger partial charge in [0, 0.05) is 52.2 Å². The van der Waals surface area contributed by atoms with Crippen molar-refractivity contribution in [2.24, 2.45) is 10.2 Å². The molecule has 8 heteroatoms. The van der Waals surface area contributed by atoms with Gasteiger partial charge in [0.2, 0.25) is 0 Å². The predicted octanol–water partition coefficient (Wildman–Crippen LogP) is 1.38. The lowest BCUT2D eigenvalue weighted by atomic mass is 10.2. The van der Waals surface area contributed by atoms with Crippen LogP contribution in [0.25, 0.3) is 0 Å². The number of rotatable bonds is 4. The summed E-state index contributed by atoms with van der Waals surface area (Å²) in [5, 5.41) is 18.5. The molecule has 1 heterocycles. The Morgan fingerprint density at radius 2 is 1.31 bits per heavy atom. The maximum Gasteiger partial charge on any atom is 0.304 e. The molecule has 0 bridgehead atoms. The molecule has 32 heavy (non-hydrogen) atoms. The smallest absolute Gasteiger partial charge is 0.304 e. The molecule has 1 aromatic heterocycles. The molecule has 8 nitrogen and oxygen atoms in total. The SMILES string of the molecule is CC(=O)[O-].Cc1n(N=C(c2ccccc2)N(C)C)cc[n+]1N=C(c1ccccc1)N(C)C. The quantitative estimate of drug-likeness (QED) is 0.353. The first-order chi connectivity index (χ1) is 15.2. The van der Waals surface area contributed by atoms with Gasteiger partial charge >= 0.3 is 5.82 Å². The number of carboxylic acid groups (broad SMARTS) is 1. The van der Waals surface area contributed by atoms with E-state index in [4.69, 9.17) is 20.1 Å². The maximum atomic E-state index is 8.89. The third-order valence-corrected chi connectivity index (χ3v) is 4.33. The molecule has 0 amide bonds. The predicted molar refractivity (Wildman–Crippen MR) is 124 cm³/mol. The Hall–Kier alpha value is -3.94. The van der Waals surface area contributed by atoms with Crippen molar-refractivity contribution in [3.05, 3.63) is 90.0 Å². The number of aliphatic carboxylic acids is 1. The molecule has 3 aromatic rings. The molecule has 0 aliphatic carbocycles. The number of hydrogen-bond donors (Lipinski definition) is 0. The van der Waals surface area contributed by atoms with E-state index in [1.807, 2.05) is 103 Å². The Labute approximate surface area is 189 Å². The van der Waals surface area contributed by atoms with Crippen LogP contribution in [0.3, 0.4) is 0 Å². The van der Waals surface area contributed by atoms with Gasteiger partial charge in [-0.2, -0.15) is 0 Å². The summed E-state index contributed by atoms with van der Waals surface area (Å²) in [6.07, 6.45) is 3.84. The van der Waals surface area contributed by atoms with E-state index in [9.17, 15) is 0 Å². The molecular weight excluding hydrogens is 404 g/mol. The van der Waals surface area contributed by atoms with Crippen LogP contribution < -0.4 is 9.78 Å². The van der Waals surface area contributed by atoms with Crippen molar-refractivity contribution in [3.63, 3.8) is 0 Å². The molecule has 0 N–H and O–H groups in total. The van der Waals surface area contributed by atoms with Crippen LogP contribution in [0.2, 0.25) is 0 Å². The van der Waals surface area contributed by atoms with E-state index in [0.29, 0.717) is 0 Å². The van der Waals surface area contributed by atoms with E-state index in [-0.39, 0.29) is 0 Å². The summed E-state index contributed by atoms with van der Waals surface area (Å²) in [5.41, 5.74) is 2.13. The van der Waals surface area contributed by atoms with E-state index in [2.05, 4.69) is 24.3 Å². The van der Waals surface area contributed by atoms with E-state index in [1.54, 1.807) is 0 Å². The van der Waals surface area contributed by atoms with Gasteiger partial charge in [-0.25, -0.2) is 0 Å². The maximum absolute atomic E-state index is 8.89. The summed E-state index contributed by atoms with van der Waals surface area (Å²) in [4.78, 5) is 12.9. The van der Waals surface area contributed by atoms with Gasteiger partial charge in [0.05, 0.1) is 0 Å². The minimum Gasteiger partial charge on any atom is -0.550 e. The van der Waals surface area contributed by atoms with Crippen LogP contribution in [0.1, 0.15) is 23.9 Å². The van der Waals surface area contributed by atoms with Crippen molar-refractivity contribution in [3.8, 4) is 0 Å². The number of imidazole rings is 1. The molecule has 3 rings (SSSR count). The molecule has 0 atom stereocenters. The molecule has 2 aromatic carbocycles. The largest absolute Gasteiger partial charge is 0.550 e. The lowest BCUT2D eigenvalue weighted by Gasteiger charge is -2.14. The van der Waals surface area contributed by atoms with E-state index in [0.717, 1.165) is 35.5 Å². The number of aromatic nitrogens is 2. The van der Waals surface area contributed by atoms with Crippen molar-refractivity contribution >= 4 is 17.6 Å². The first-order valence-electron chi connectivity index (χ1n) is 10.1. The van der Waals surface area contributed by atoms with Gasteiger partial charge in [-0.15, -0.1) is 9.35 Å². The molecule has 168 valence electrons. The second-order valence-corrected chi connectivity index (χ2v) is 7.39. The van der Waals surface area contributed by atoms with Gasteiger partial charge in [0.25, 0.3) is 0 Å². The summed E-state index contributed by atoms with van der Waals surface area (Å²) < 4.78 is 3.70. The van der Waals surface area contributed by atoms with Gasteiger partial charge in [-0.05, 0) is 6.92 Å². The average molecular weight is 435 g/mol. The Balaban J connectivity index is 0.000000837. The van der Waals surface area contributed by atoms with Crippen molar-refractivity contribution in [1.82, 2.24) is 14.5 Å². The number of hydrogen-bond acceptors (Lipinski definition) is 4. The van der Waals surface area contributed by atoms with E-state index < -0.39 is 5.97 Å². The summed E-state index contributed by atoms with van der Waals surface area (Å²) in [7, 11) is 7.99. The fraction of sp³-hybridized carbons (Fsp3) is 0.250. The minimum atomic E-state index is -1.08. The zero-order chi connectivity index (χ0) is 23.7. The number of carboxylic acids is 1.